The Morgan fingerprint density at radius 3 is 1.85 bits per heavy atom. The smallest absolute Gasteiger partial charge is 0.290 e. The van der Waals surface area contributed by atoms with Gasteiger partial charge in [0.15, 0.2) is 6.61 Å². The van der Waals surface area contributed by atoms with E-state index in [0.717, 1.165) is 56.5 Å². The van der Waals surface area contributed by atoms with Gasteiger partial charge in [-0.2, -0.15) is 0 Å². The van der Waals surface area contributed by atoms with Crippen molar-refractivity contribution in [3.63, 3.8) is 0 Å². The number of thioether (sulfide) groups is 1. The fourth-order valence-electron chi connectivity index (χ4n) is 6.56. The Labute approximate surface area is 307 Å². The zero-order valence-corrected chi connectivity index (χ0v) is 29.5. The molecule has 6 aromatic rings. The van der Waals surface area contributed by atoms with Crippen LogP contribution < -0.4 is 4.74 Å². The van der Waals surface area contributed by atoms with Gasteiger partial charge in [0, 0.05) is 11.8 Å². The van der Waals surface area contributed by atoms with Crippen molar-refractivity contribution in [3.05, 3.63) is 192 Å². The van der Waals surface area contributed by atoms with Crippen molar-refractivity contribution in [1.82, 2.24) is 9.88 Å². The lowest BCUT2D eigenvalue weighted by Crippen LogP contribution is -2.51. The summed E-state index contributed by atoms with van der Waals surface area (Å²) in [4.78, 5) is 39.8. The summed E-state index contributed by atoms with van der Waals surface area (Å²) in [7, 11) is 0. The molecule has 1 atom stereocenters. The molecule has 1 aliphatic rings. The molecule has 0 aliphatic carbocycles. The van der Waals surface area contributed by atoms with Crippen molar-refractivity contribution in [2.45, 2.75) is 24.1 Å². The van der Waals surface area contributed by atoms with Crippen molar-refractivity contribution >= 4 is 28.6 Å². The first-order valence-corrected chi connectivity index (χ1v) is 18.0. The van der Waals surface area contributed by atoms with Gasteiger partial charge in [-0.1, -0.05) is 150 Å². The normalized spacial score (nSPS) is 14.8. The summed E-state index contributed by atoms with van der Waals surface area (Å²) in [5.41, 5.74) is 6.02. The van der Waals surface area contributed by atoms with Crippen LogP contribution in [0.4, 0.5) is 4.79 Å². The summed E-state index contributed by atoms with van der Waals surface area (Å²) in [6.45, 7) is 2.50. The fraction of sp³-hybridized carbons (Fsp3) is 0.136. The van der Waals surface area contributed by atoms with Crippen molar-refractivity contribution in [2.24, 2.45) is 5.16 Å². The Bertz CT molecular complexity index is 2030. The molecule has 1 saturated heterocycles. The van der Waals surface area contributed by atoms with E-state index in [1.165, 1.54) is 4.90 Å². The fourth-order valence-corrected chi connectivity index (χ4v) is 7.62. The molecule has 2 amide bonds. The molecule has 0 spiro atoms. The van der Waals surface area contributed by atoms with Crippen LogP contribution in [0.3, 0.4) is 0 Å². The summed E-state index contributed by atoms with van der Waals surface area (Å²) in [5.74, 6) is 0.460. The maximum Gasteiger partial charge on any atom is 0.290 e. The van der Waals surface area contributed by atoms with Crippen LogP contribution in [-0.2, 0) is 21.6 Å². The molecule has 2 heterocycles. The van der Waals surface area contributed by atoms with Crippen molar-refractivity contribution in [3.8, 4) is 17.0 Å². The lowest BCUT2D eigenvalue weighted by atomic mass is 9.75. The quantitative estimate of drug-likeness (QED) is 0.0517. The highest BCUT2D eigenvalue weighted by Crippen LogP contribution is 2.47. The maximum absolute atomic E-state index is 14.4. The van der Waals surface area contributed by atoms with E-state index in [-0.39, 0.29) is 17.8 Å². The van der Waals surface area contributed by atoms with Gasteiger partial charge < -0.3 is 9.57 Å². The number of nitrogens with zero attached hydrogens (tertiary/aromatic N) is 3. The number of hydrogen-bond donors (Lipinski definition) is 0. The average molecular weight is 704 g/mol. The highest BCUT2D eigenvalue weighted by Gasteiger charge is 2.53. The molecule has 0 saturated carbocycles. The number of benzene rings is 5. The zero-order chi connectivity index (χ0) is 35.8. The third kappa shape index (κ3) is 7.24. The Balaban J connectivity index is 0.992. The minimum absolute atomic E-state index is 0.218. The minimum atomic E-state index is -1.13. The summed E-state index contributed by atoms with van der Waals surface area (Å²) in [5, 5.41) is 3.40. The summed E-state index contributed by atoms with van der Waals surface area (Å²) in [6, 6.07) is 50.9. The third-order valence-electron chi connectivity index (χ3n) is 9.08. The second-order valence-corrected chi connectivity index (χ2v) is 13.5. The van der Waals surface area contributed by atoms with E-state index in [1.54, 1.807) is 6.20 Å². The number of imide groups is 1. The molecule has 1 unspecified atom stereocenters. The Hall–Kier alpha value is -5.99. The first-order chi connectivity index (χ1) is 25.5. The van der Waals surface area contributed by atoms with Gasteiger partial charge in [-0.3, -0.25) is 19.5 Å². The second-order valence-electron chi connectivity index (χ2n) is 12.4. The summed E-state index contributed by atoms with van der Waals surface area (Å²) < 4.78 is 5.89. The van der Waals surface area contributed by atoms with Gasteiger partial charge in [0.2, 0.25) is 5.91 Å². The van der Waals surface area contributed by atoms with Crippen molar-refractivity contribution in [1.29, 1.82) is 0 Å². The van der Waals surface area contributed by atoms with E-state index >= 15 is 0 Å². The maximum atomic E-state index is 14.4. The standard InChI is InChI=1S/C44H37N3O4S/c1-32(34-22-24-35(25-23-34)40-19-11-12-28-45-40)46-51-30-29-50-39-26-20-33(21-27-39)31-41-42(48)47(43(49)52-41)44(36-13-5-2-6-14-36,37-15-7-3-8-16-37)38-17-9-4-10-18-38/h2-28,41H,29-31H2,1H3. The van der Waals surface area contributed by atoms with Gasteiger partial charge in [-0.15, -0.1) is 0 Å². The number of amides is 2. The van der Waals surface area contributed by atoms with Crippen LogP contribution in [0.1, 0.15) is 34.7 Å². The third-order valence-corrected chi connectivity index (χ3v) is 10.1. The van der Waals surface area contributed by atoms with E-state index in [9.17, 15) is 9.59 Å². The number of carbonyl (C=O) groups is 2. The van der Waals surface area contributed by atoms with Crippen LogP contribution >= 0.6 is 11.8 Å². The predicted octanol–water partition coefficient (Wildman–Crippen LogP) is 9.17. The Kier molecular flexibility index (Phi) is 10.5. The predicted molar refractivity (Wildman–Crippen MR) is 206 cm³/mol. The number of ether oxygens (including phenoxy) is 1. The summed E-state index contributed by atoms with van der Waals surface area (Å²) >= 11 is 1.09. The largest absolute Gasteiger partial charge is 0.490 e. The second kappa shape index (κ2) is 15.9. The SMILES string of the molecule is CC(=NOCCOc1ccc(CC2SC(=O)N(C(c3ccccc3)(c3ccccc3)c3ccccc3)C2=O)cc1)c1ccc(-c2ccccn2)cc1. The molecule has 1 fully saturated rings. The van der Waals surface area contributed by atoms with Crippen LogP contribution in [0.5, 0.6) is 5.75 Å². The number of rotatable bonds is 13. The zero-order valence-electron chi connectivity index (χ0n) is 28.7. The summed E-state index contributed by atoms with van der Waals surface area (Å²) in [6.07, 6.45) is 2.18. The topological polar surface area (TPSA) is 81.1 Å². The molecule has 1 aromatic heterocycles. The van der Waals surface area contributed by atoms with Gasteiger partial charge in [0.1, 0.15) is 17.9 Å². The van der Waals surface area contributed by atoms with Crippen molar-refractivity contribution < 1.29 is 19.2 Å². The van der Waals surface area contributed by atoms with Crippen LogP contribution in [0.25, 0.3) is 11.3 Å². The van der Waals surface area contributed by atoms with E-state index in [2.05, 4.69) is 10.1 Å². The lowest BCUT2D eigenvalue weighted by Gasteiger charge is -2.42. The first kappa shape index (κ1) is 34.5. The van der Waals surface area contributed by atoms with Gasteiger partial charge in [-0.25, -0.2) is 0 Å². The number of oxime groups is 1. The Morgan fingerprint density at radius 1 is 0.712 bits per heavy atom. The van der Waals surface area contributed by atoms with Crippen LogP contribution in [0.15, 0.2) is 169 Å². The molecular formula is C44H37N3O4S. The highest BCUT2D eigenvalue weighted by molar-refractivity contribution is 8.15. The molecule has 8 heteroatoms. The molecule has 5 aromatic carbocycles. The van der Waals surface area contributed by atoms with E-state index in [1.807, 2.05) is 165 Å². The molecular weight excluding hydrogens is 667 g/mol. The number of pyridine rings is 1. The lowest BCUT2D eigenvalue weighted by molar-refractivity contribution is -0.129. The molecule has 1 aliphatic heterocycles. The van der Waals surface area contributed by atoms with Gasteiger partial charge in [0.05, 0.1) is 16.7 Å². The van der Waals surface area contributed by atoms with Gasteiger partial charge in [0.25, 0.3) is 5.24 Å². The Morgan fingerprint density at radius 2 is 1.29 bits per heavy atom. The number of carbonyl (C=O) groups excluding carboxylic acids is 2. The molecule has 0 bridgehead atoms. The number of aromatic nitrogens is 1. The molecule has 7 nitrogen and oxygen atoms in total. The van der Waals surface area contributed by atoms with E-state index in [0.29, 0.717) is 18.8 Å². The van der Waals surface area contributed by atoms with E-state index < -0.39 is 10.8 Å². The molecule has 258 valence electrons. The van der Waals surface area contributed by atoms with Crippen LogP contribution in [-0.4, -0.2) is 45.2 Å². The van der Waals surface area contributed by atoms with Gasteiger partial charge in [-0.05, 0) is 65.4 Å². The highest BCUT2D eigenvalue weighted by atomic mass is 32.2. The minimum Gasteiger partial charge on any atom is -0.490 e. The molecule has 52 heavy (non-hydrogen) atoms. The van der Waals surface area contributed by atoms with Crippen molar-refractivity contribution in [2.75, 3.05) is 13.2 Å². The molecule has 0 N–H and O–H groups in total. The average Bonchev–Trinajstić information content (AvgIpc) is 3.48. The molecule has 0 radical (unpaired) electrons. The number of hydrogen-bond acceptors (Lipinski definition) is 7. The first-order valence-electron chi connectivity index (χ1n) is 17.2. The van der Waals surface area contributed by atoms with E-state index in [4.69, 9.17) is 9.57 Å². The van der Waals surface area contributed by atoms with Crippen LogP contribution in [0, 0.1) is 0 Å². The van der Waals surface area contributed by atoms with Gasteiger partial charge >= 0.3 is 0 Å². The molecule has 7 rings (SSSR count). The monoisotopic (exact) mass is 703 g/mol. The van der Waals surface area contributed by atoms with Crippen LogP contribution in [0.2, 0.25) is 0 Å².